The Hall–Kier alpha value is -1.70. The minimum absolute atomic E-state index is 0.170. The second-order valence-corrected chi connectivity index (χ2v) is 9.29. The van der Waals surface area contributed by atoms with Gasteiger partial charge in [0.05, 0.1) is 0 Å². The fraction of sp³-hybridized carbons (Fsp3) is 0.389. The topological polar surface area (TPSA) is 57.7 Å². The van der Waals surface area contributed by atoms with Crippen LogP contribution in [-0.2, 0) is 23.0 Å². The molecular weight excluding hydrogens is 356 g/mol. The summed E-state index contributed by atoms with van der Waals surface area (Å²) in [6.45, 7) is 2.25. The second kappa shape index (κ2) is 6.55. The van der Waals surface area contributed by atoms with Crippen molar-refractivity contribution < 1.29 is 13.2 Å². The van der Waals surface area contributed by atoms with Gasteiger partial charge in [0.2, 0.25) is 10.0 Å². The van der Waals surface area contributed by atoms with E-state index in [2.05, 4.69) is 6.07 Å². The summed E-state index contributed by atoms with van der Waals surface area (Å²) >= 11 is 1.22. The summed E-state index contributed by atoms with van der Waals surface area (Å²) in [6.07, 6.45) is 2.58. The van der Waals surface area contributed by atoms with Crippen LogP contribution in [0.3, 0.4) is 0 Å². The Morgan fingerprint density at radius 1 is 1.00 bits per heavy atom. The van der Waals surface area contributed by atoms with Crippen LogP contribution in [0.5, 0.6) is 0 Å². The minimum Gasteiger partial charge on any atom is -0.333 e. The molecule has 0 N–H and O–H groups in total. The molecule has 3 heterocycles. The third-order valence-electron chi connectivity index (χ3n) is 4.92. The van der Waals surface area contributed by atoms with Crippen LogP contribution in [0.15, 0.2) is 40.6 Å². The first-order chi connectivity index (χ1) is 12.1. The predicted molar refractivity (Wildman–Crippen MR) is 97.2 cm³/mol. The lowest BCUT2D eigenvalue weighted by Crippen LogP contribution is -2.37. The van der Waals surface area contributed by atoms with E-state index in [9.17, 15) is 13.2 Å². The molecule has 2 aliphatic heterocycles. The van der Waals surface area contributed by atoms with E-state index < -0.39 is 10.0 Å². The van der Waals surface area contributed by atoms with Crippen molar-refractivity contribution in [1.82, 2.24) is 9.21 Å². The van der Waals surface area contributed by atoms with Gasteiger partial charge < -0.3 is 4.90 Å². The molecule has 0 spiro atoms. The van der Waals surface area contributed by atoms with Gasteiger partial charge in [0.25, 0.3) is 5.91 Å². The van der Waals surface area contributed by atoms with Gasteiger partial charge in [0.1, 0.15) is 9.77 Å². The lowest BCUT2D eigenvalue weighted by molar-refractivity contribution is 0.0736. The van der Waals surface area contributed by atoms with Crippen LogP contribution in [0.25, 0.3) is 0 Å². The van der Waals surface area contributed by atoms with Crippen LogP contribution in [0, 0.1) is 0 Å². The Kier molecular flexibility index (Phi) is 4.39. The number of nitrogens with zero attached hydrogens (tertiary/aromatic N) is 2. The van der Waals surface area contributed by atoms with E-state index in [0.29, 0.717) is 31.1 Å². The molecule has 1 saturated heterocycles. The van der Waals surface area contributed by atoms with Crippen LogP contribution in [0.1, 0.15) is 33.6 Å². The molecule has 25 heavy (non-hydrogen) atoms. The molecule has 0 unspecified atom stereocenters. The zero-order valence-corrected chi connectivity index (χ0v) is 15.5. The predicted octanol–water partition coefficient (Wildman–Crippen LogP) is 2.73. The Balaban J connectivity index is 1.61. The third kappa shape index (κ3) is 3.01. The van der Waals surface area contributed by atoms with Gasteiger partial charge in [-0.15, -0.1) is 11.3 Å². The van der Waals surface area contributed by atoms with Crippen molar-refractivity contribution in [3.8, 4) is 0 Å². The maximum atomic E-state index is 13.0. The number of carbonyl (C=O) groups is 1. The van der Waals surface area contributed by atoms with E-state index in [1.807, 2.05) is 18.2 Å². The maximum absolute atomic E-state index is 13.0. The van der Waals surface area contributed by atoms with Crippen LogP contribution < -0.4 is 0 Å². The zero-order chi connectivity index (χ0) is 17.4. The first-order valence-electron chi connectivity index (χ1n) is 8.51. The largest absolute Gasteiger partial charge is 0.333 e. The maximum Gasteiger partial charge on any atom is 0.265 e. The van der Waals surface area contributed by atoms with E-state index >= 15 is 0 Å². The van der Waals surface area contributed by atoms with E-state index in [-0.39, 0.29) is 10.8 Å². The van der Waals surface area contributed by atoms with E-state index in [1.54, 1.807) is 16.3 Å². The van der Waals surface area contributed by atoms with Gasteiger partial charge in [-0.05, 0) is 41.8 Å². The molecule has 0 bridgehead atoms. The van der Waals surface area contributed by atoms with E-state index in [4.69, 9.17) is 0 Å². The molecule has 0 radical (unpaired) electrons. The third-order valence-corrected chi connectivity index (χ3v) is 7.90. The molecule has 1 fully saturated rings. The van der Waals surface area contributed by atoms with Gasteiger partial charge in [-0.2, -0.15) is 4.31 Å². The fourth-order valence-electron chi connectivity index (χ4n) is 3.54. The minimum atomic E-state index is -3.57. The highest BCUT2D eigenvalue weighted by atomic mass is 32.2. The summed E-state index contributed by atoms with van der Waals surface area (Å²) in [7, 11) is -3.57. The summed E-state index contributed by atoms with van der Waals surface area (Å²) in [5.74, 6) is -0.178. The first kappa shape index (κ1) is 16.8. The van der Waals surface area contributed by atoms with Gasteiger partial charge in [-0.3, -0.25) is 4.79 Å². The molecule has 5 nitrogen and oxygen atoms in total. The van der Waals surface area contributed by atoms with Crippen molar-refractivity contribution in [1.29, 1.82) is 0 Å². The summed E-state index contributed by atoms with van der Waals surface area (Å²) in [5.41, 5.74) is 2.41. The van der Waals surface area contributed by atoms with Crippen LogP contribution in [0.4, 0.5) is 0 Å². The fourth-order valence-corrected chi connectivity index (χ4v) is 6.42. The molecule has 4 rings (SSSR count). The van der Waals surface area contributed by atoms with Gasteiger partial charge in [-0.25, -0.2) is 8.42 Å². The van der Waals surface area contributed by atoms with Crippen molar-refractivity contribution in [2.24, 2.45) is 0 Å². The van der Waals surface area contributed by atoms with E-state index in [0.717, 1.165) is 24.8 Å². The molecule has 0 saturated carbocycles. The molecule has 0 atom stereocenters. The Morgan fingerprint density at radius 2 is 1.72 bits per heavy atom. The van der Waals surface area contributed by atoms with Crippen molar-refractivity contribution >= 4 is 27.3 Å². The Morgan fingerprint density at radius 3 is 2.48 bits per heavy atom. The van der Waals surface area contributed by atoms with Gasteiger partial charge in [0, 0.05) is 26.2 Å². The standard InChI is InChI=1S/C18H20N2O3S2/c21-18(19-11-7-14-5-1-2-6-15(14)13-19)17-16(8-12-24-17)25(22,23)20-9-3-4-10-20/h1-2,5-6,8,12H,3-4,7,9-11,13H2. The number of benzene rings is 1. The molecule has 132 valence electrons. The Labute approximate surface area is 151 Å². The highest BCUT2D eigenvalue weighted by Gasteiger charge is 2.33. The molecule has 7 heteroatoms. The van der Waals surface area contributed by atoms with Gasteiger partial charge in [-0.1, -0.05) is 24.3 Å². The molecule has 1 amide bonds. The summed E-state index contributed by atoms with van der Waals surface area (Å²) in [6, 6.07) is 9.68. The normalized spacial score (nSPS) is 18.3. The average Bonchev–Trinajstić information content (AvgIpc) is 3.32. The van der Waals surface area contributed by atoms with Gasteiger partial charge in [0.15, 0.2) is 0 Å². The number of hydrogen-bond donors (Lipinski definition) is 0. The lowest BCUT2D eigenvalue weighted by Gasteiger charge is -2.29. The van der Waals surface area contributed by atoms with Crippen molar-refractivity contribution in [2.75, 3.05) is 19.6 Å². The average molecular weight is 377 g/mol. The number of fused-ring (bicyclic) bond motifs is 1. The zero-order valence-electron chi connectivity index (χ0n) is 13.8. The molecule has 0 aliphatic carbocycles. The van der Waals surface area contributed by atoms with Crippen molar-refractivity contribution in [3.63, 3.8) is 0 Å². The first-order valence-corrected chi connectivity index (χ1v) is 10.8. The lowest BCUT2D eigenvalue weighted by atomic mass is 10.00. The smallest absolute Gasteiger partial charge is 0.265 e. The SMILES string of the molecule is O=C(c1sccc1S(=O)(=O)N1CCCC1)N1CCc2ccccc2C1. The number of amides is 1. The highest BCUT2D eigenvalue weighted by Crippen LogP contribution is 2.30. The number of carbonyl (C=O) groups excluding carboxylic acids is 1. The van der Waals surface area contributed by atoms with Crippen LogP contribution in [0.2, 0.25) is 0 Å². The van der Waals surface area contributed by atoms with Gasteiger partial charge >= 0.3 is 0 Å². The molecule has 2 aromatic rings. The molecule has 1 aromatic heterocycles. The van der Waals surface area contributed by atoms with Crippen molar-refractivity contribution in [3.05, 3.63) is 51.7 Å². The van der Waals surface area contributed by atoms with Crippen molar-refractivity contribution in [2.45, 2.75) is 30.7 Å². The molecular formula is C18H20N2O3S2. The highest BCUT2D eigenvalue weighted by molar-refractivity contribution is 7.89. The summed E-state index contributed by atoms with van der Waals surface area (Å²) < 4.78 is 27.2. The monoisotopic (exact) mass is 376 g/mol. The number of thiophene rings is 1. The number of rotatable bonds is 3. The van der Waals surface area contributed by atoms with Crippen LogP contribution in [-0.4, -0.2) is 43.2 Å². The molecule has 1 aromatic carbocycles. The Bertz CT molecular complexity index is 899. The second-order valence-electron chi connectivity index (χ2n) is 6.47. The molecule has 2 aliphatic rings. The van der Waals surface area contributed by atoms with Crippen LogP contribution >= 0.6 is 11.3 Å². The van der Waals surface area contributed by atoms with E-state index in [1.165, 1.54) is 21.2 Å². The number of hydrogen-bond acceptors (Lipinski definition) is 4. The number of sulfonamides is 1. The quantitative estimate of drug-likeness (QED) is 0.828. The summed E-state index contributed by atoms with van der Waals surface area (Å²) in [5, 5.41) is 1.70. The summed E-state index contributed by atoms with van der Waals surface area (Å²) in [4.78, 5) is 15.3.